The number of rotatable bonds is 2. The van der Waals surface area contributed by atoms with Crippen LogP contribution >= 0.6 is 0 Å². The van der Waals surface area contributed by atoms with Gasteiger partial charge in [0.2, 0.25) is 5.91 Å². The van der Waals surface area contributed by atoms with E-state index < -0.39 is 0 Å². The van der Waals surface area contributed by atoms with Crippen molar-refractivity contribution in [1.82, 2.24) is 5.32 Å². The number of carbonyl (C=O) groups is 1. The molecule has 0 spiro atoms. The van der Waals surface area contributed by atoms with Gasteiger partial charge in [0, 0.05) is 13.5 Å². The molecule has 1 rings (SSSR count). The molecule has 11 heavy (non-hydrogen) atoms. The summed E-state index contributed by atoms with van der Waals surface area (Å²) in [4.78, 5) is 10.7. The molecule has 0 radical (unpaired) electrons. The lowest BCUT2D eigenvalue weighted by Crippen LogP contribution is -2.38. The van der Waals surface area contributed by atoms with Crippen molar-refractivity contribution in [2.45, 2.75) is 38.8 Å². The van der Waals surface area contributed by atoms with Crippen molar-refractivity contribution in [2.75, 3.05) is 6.61 Å². The van der Waals surface area contributed by atoms with Crippen molar-refractivity contribution in [3.8, 4) is 0 Å². The Morgan fingerprint density at radius 1 is 1.73 bits per heavy atom. The van der Waals surface area contributed by atoms with Gasteiger partial charge in [0.1, 0.15) is 0 Å². The number of hydrogen-bond donors (Lipinski definition) is 1. The van der Waals surface area contributed by atoms with Gasteiger partial charge in [0.25, 0.3) is 0 Å². The number of carbonyl (C=O) groups excluding carboxylic acids is 1. The molecular formula is C8H15NO2. The molecule has 0 aliphatic carbocycles. The molecule has 0 saturated carbocycles. The summed E-state index contributed by atoms with van der Waals surface area (Å²) in [7, 11) is 0. The van der Waals surface area contributed by atoms with Crippen molar-refractivity contribution in [1.29, 1.82) is 0 Å². The lowest BCUT2D eigenvalue weighted by Gasteiger charge is -2.16. The Labute approximate surface area is 67.1 Å². The number of hydrogen-bond acceptors (Lipinski definition) is 2. The topological polar surface area (TPSA) is 38.3 Å². The summed E-state index contributed by atoms with van der Waals surface area (Å²) in [6.07, 6.45) is 2.17. The minimum Gasteiger partial charge on any atom is -0.376 e. The van der Waals surface area contributed by atoms with Crippen LogP contribution in [0.2, 0.25) is 0 Å². The van der Waals surface area contributed by atoms with E-state index in [9.17, 15) is 4.79 Å². The maximum atomic E-state index is 10.7. The smallest absolute Gasteiger partial charge is 0.217 e. The van der Waals surface area contributed by atoms with E-state index in [0.29, 0.717) is 0 Å². The van der Waals surface area contributed by atoms with E-state index in [4.69, 9.17) is 4.74 Å². The molecule has 0 bridgehead atoms. The van der Waals surface area contributed by atoms with E-state index in [-0.39, 0.29) is 18.1 Å². The van der Waals surface area contributed by atoms with Gasteiger partial charge >= 0.3 is 0 Å². The summed E-state index contributed by atoms with van der Waals surface area (Å²) in [6, 6.07) is 0.248. The summed E-state index contributed by atoms with van der Waals surface area (Å²) in [6.45, 7) is 4.40. The first-order chi connectivity index (χ1) is 5.24. The van der Waals surface area contributed by atoms with Crippen LogP contribution in [-0.2, 0) is 9.53 Å². The molecular weight excluding hydrogens is 142 g/mol. The van der Waals surface area contributed by atoms with Crippen LogP contribution in [0.1, 0.15) is 26.7 Å². The molecule has 3 nitrogen and oxygen atoms in total. The van der Waals surface area contributed by atoms with Crippen LogP contribution in [-0.4, -0.2) is 24.7 Å². The van der Waals surface area contributed by atoms with Crippen LogP contribution in [0.25, 0.3) is 0 Å². The fourth-order valence-electron chi connectivity index (χ4n) is 1.48. The average molecular weight is 157 g/mol. The van der Waals surface area contributed by atoms with Crippen molar-refractivity contribution < 1.29 is 9.53 Å². The second-order valence-electron chi connectivity index (χ2n) is 2.91. The molecule has 1 unspecified atom stereocenters. The van der Waals surface area contributed by atoms with E-state index >= 15 is 0 Å². The number of amides is 1. The van der Waals surface area contributed by atoms with Crippen LogP contribution in [0.5, 0.6) is 0 Å². The van der Waals surface area contributed by atoms with Gasteiger partial charge in [0.05, 0.1) is 12.1 Å². The first-order valence-electron chi connectivity index (χ1n) is 4.12. The lowest BCUT2D eigenvalue weighted by molar-refractivity contribution is -0.120. The zero-order chi connectivity index (χ0) is 8.27. The first-order valence-corrected chi connectivity index (χ1v) is 4.12. The highest BCUT2D eigenvalue weighted by atomic mass is 16.5. The van der Waals surface area contributed by atoms with Crippen LogP contribution in [0.4, 0.5) is 0 Å². The second-order valence-corrected chi connectivity index (χ2v) is 2.91. The van der Waals surface area contributed by atoms with Gasteiger partial charge in [0.15, 0.2) is 0 Å². The standard InChI is InChI=1S/C8H15NO2/c1-3-8-7(4-5-11-8)9-6(2)10/h7-8H,3-5H2,1-2H3,(H,9,10)/t7-,8?/m1/s1. The Morgan fingerprint density at radius 2 is 2.45 bits per heavy atom. The summed E-state index contributed by atoms with van der Waals surface area (Å²) in [5.41, 5.74) is 0. The number of nitrogens with one attached hydrogen (secondary N) is 1. The van der Waals surface area contributed by atoms with Crippen molar-refractivity contribution in [3.63, 3.8) is 0 Å². The molecule has 1 amide bonds. The van der Waals surface area contributed by atoms with Crippen LogP contribution < -0.4 is 5.32 Å². The molecule has 1 aliphatic heterocycles. The minimum absolute atomic E-state index is 0.0407. The van der Waals surface area contributed by atoms with Crippen molar-refractivity contribution >= 4 is 5.91 Å². The minimum atomic E-state index is 0.0407. The summed E-state index contributed by atoms with van der Waals surface area (Å²) in [5.74, 6) is 0.0407. The fourth-order valence-corrected chi connectivity index (χ4v) is 1.48. The van der Waals surface area contributed by atoms with E-state index in [1.807, 2.05) is 0 Å². The molecule has 3 heteroatoms. The third-order valence-corrected chi connectivity index (χ3v) is 2.00. The molecule has 1 aliphatic rings. The normalized spacial score (nSPS) is 30.4. The zero-order valence-electron chi connectivity index (χ0n) is 7.09. The highest BCUT2D eigenvalue weighted by Crippen LogP contribution is 2.15. The lowest BCUT2D eigenvalue weighted by atomic mass is 10.1. The monoisotopic (exact) mass is 157 g/mol. The Balaban J connectivity index is 2.37. The van der Waals surface area contributed by atoms with Gasteiger partial charge in [-0.1, -0.05) is 6.92 Å². The van der Waals surface area contributed by atoms with Crippen molar-refractivity contribution in [2.24, 2.45) is 0 Å². The molecule has 0 aromatic rings. The molecule has 1 heterocycles. The first kappa shape index (κ1) is 8.53. The van der Waals surface area contributed by atoms with E-state index in [1.54, 1.807) is 6.92 Å². The summed E-state index contributed by atoms with van der Waals surface area (Å²) >= 11 is 0. The third-order valence-electron chi connectivity index (χ3n) is 2.00. The molecule has 1 saturated heterocycles. The van der Waals surface area contributed by atoms with Crippen LogP contribution in [0, 0.1) is 0 Å². The Bertz CT molecular complexity index is 147. The third kappa shape index (κ3) is 2.19. The molecule has 1 N–H and O–H groups in total. The molecule has 0 aromatic carbocycles. The Hall–Kier alpha value is -0.570. The van der Waals surface area contributed by atoms with Crippen LogP contribution in [0.3, 0.4) is 0 Å². The van der Waals surface area contributed by atoms with E-state index in [0.717, 1.165) is 19.4 Å². The quantitative estimate of drug-likeness (QED) is 0.640. The van der Waals surface area contributed by atoms with E-state index in [1.165, 1.54) is 0 Å². The highest BCUT2D eigenvalue weighted by Gasteiger charge is 2.26. The maximum absolute atomic E-state index is 10.7. The highest BCUT2D eigenvalue weighted by molar-refractivity contribution is 5.73. The van der Waals surface area contributed by atoms with Crippen molar-refractivity contribution in [3.05, 3.63) is 0 Å². The predicted octanol–water partition coefficient (Wildman–Crippen LogP) is 0.690. The Morgan fingerprint density at radius 3 is 3.00 bits per heavy atom. The predicted molar refractivity (Wildman–Crippen MR) is 42.3 cm³/mol. The SMILES string of the molecule is CCC1OCC[C@H]1NC(C)=O. The molecule has 64 valence electrons. The van der Waals surface area contributed by atoms with Crippen LogP contribution in [0.15, 0.2) is 0 Å². The summed E-state index contributed by atoms with van der Waals surface area (Å²) in [5, 5.41) is 2.88. The van der Waals surface area contributed by atoms with Gasteiger partial charge in [-0.05, 0) is 12.8 Å². The molecule has 2 atom stereocenters. The largest absolute Gasteiger partial charge is 0.376 e. The maximum Gasteiger partial charge on any atom is 0.217 e. The average Bonchev–Trinajstić information content (AvgIpc) is 2.34. The second kappa shape index (κ2) is 3.72. The number of ether oxygens (including phenoxy) is 1. The van der Waals surface area contributed by atoms with Gasteiger partial charge in [-0.25, -0.2) is 0 Å². The van der Waals surface area contributed by atoms with Gasteiger partial charge in [-0.3, -0.25) is 4.79 Å². The zero-order valence-corrected chi connectivity index (χ0v) is 7.09. The summed E-state index contributed by atoms with van der Waals surface area (Å²) < 4.78 is 5.40. The van der Waals surface area contributed by atoms with E-state index in [2.05, 4.69) is 12.2 Å². The van der Waals surface area contributed by atoms with Gasteiger partial charge < -0.3 is 10.1 Å². The van der Waals surface area contributed by atoms with Gasteiger partial charge in [-0.15, -0.1) is 0 Å². The van der Waals surface area contributed by atoms with Gasteiger partial charge in [-0.2, -0.15) is 0 Å². The fraction of sp³-hybridized carbons (Fsp3) is 0.875. The molecule has 0 aromatic heterocycles. The molecule has 1 fully saturated rings. The Kier molecular flexibility index (Phi) is 2.88.